The van der Waals surface area contributed by atoms with Crippen molar-refractivity contribution in [2.45, 2.75) is 40.2 Å². The molecule has 2 amide bonds. The molecule has 0 unspecified atom stereocenters. The summed E-state index contributed by atoms with van der Waals surface area (Å²) in [5.41, 5.74) is 0. The van der Waals surface area contributed by atoms with Gasteiger partial charge in [0.15, 0.2) is 0 Å². The van der Waals surface area contributed by atoms with Crippen LogP contribution in [0.2, 0.25) is 0 Å². The minimum absolute atomic E-state index is 0.0967. The van der Waals surface area contributed by atoms with Crippen LogP contribution in [0.25, 0.3) is 0 Å². The van der Waals surface area contributed by atoms with Crippen LogP contribution in [0.4, 0.5) is 0 Å². The maximum absolute atomic E-state index is 11.5. The van der Waals surface area contributed by atoms with Gasteiger partial charge in [0.2, 0.25) is 24.3 Å². The normalized spacial score (nSPS) is 22.1. The van der Waals surface area contributed by atoms with Crippen LogP contribution in [0.1, 0.15) is 27.7 Å². The van der Waals surface area contributed by atoms with E-state index in [0.29, 0.717) is 0 Å². The number of amides is 2. The molecule has 1 heterocycles. The van der Waals surface area contributed by atoms with Gasteiger partial charge >= 0.3 is 11.9 Å². The van der Waals surface area contributed by atoms with E-state index in [0.717, 1.165) is 9.80 Å². The smallest absolute Gasteiger partial charge is 0.304 e. The molecule has 1 aliphatic heterocycles. The molecule has 0 spiro atoms. The molecule has 1 saturated heterocycles. The summed E-state index contributed by atoms with van der Waals surface area (Å²) < 4.78 is 9.95. The van der Waals surface area contributed by atoms with Crippen LogP contribution in [0.5, 0.6) is 0 Å². The topological polar surface area (TPSA) is 93.2 Å². The Labute approximate surface area is 110 Å². The predicted octanol–water partition coefficient (Wildman–Crippen LogP) is -0.567. The molecular formula is C11H16N2O6. The maximum atomic E-state index is 11.5. The first-order valence-corrected chi connectivity index (χ1v) is 5.63. The molecule has 1 rings (SSSR count). The monoisotopic (exact) mass is 272 g/mol. The van der Waals surface area contributed by atoms with Gasteiger partial charge in [-0.1, -0.05) is 0 Å². The summed E-state index contributed by atoms with van der Waals surface area (Å²) in [4.78, 5) is 47.4. The van der Waals surface area contributed by atoms with Gasteiger partial charge in [0.05, 0.1) is 0 Å². The van der Waals surface area contributed by atoms with E-state index in [1.165, 1.54) is 27.7 Å². The molecule has 0 aromatic carbocycles. The quantitative estimate of drug-likeness (QED) is 0.625. The average Bonchev–Trinajstić information content (AvgIpc) is 2.56. The lowest BCUT2D eigenvalue weighted by Gasteiger charge is -2.25. The molecule has 0 radical (unpaired) electrons. The Balaban J connectivity index is 3.06. The molecule has 19 heavy (non-hydrogen) atoms. The molecule has 0 N–H and O–H groups in total. The second-order valence-electron chi connectivity index (χ2n) is 4.12. The summed E-state index contributed by atoms with van der Waals surface area (Å²) in [6.07, 6.45) is -2.24. The molecule has 8 heteroatoms. The Morgan fingerprint density at radius 2 is 1.11 bits per heavy atom. The Hall–Kier alpha value is -2.12. The van der Waals surface area contributed by atoms with E-state index in [4.69, 9.17) is 9.47 Å². The van der Waals surface area contributed by atoms with Crippen LogP contribution in [0, 0.1) is 0 Å². The molecule has 0 aromatic heterocycles. The van der Waals surface area contributed by atoms with Crippen molar-refractivity contribution in [3.05, 3.63) is 0 Å². The molecule has 0 bridgehead atoms. The first-order chi connectivity index (χ1) is 8.73. The van der Waals surface area contributed by atoms with E-state index < -0.39 is 36.2 Å². The summed E-state index contributed by atoms with van der Waals surface area (Å²) in [6.45, 7) is 4.77. The van der Waals surface area contributed by atoms with Gasteiger partial charge in [0.1, 0.15) is 6.67 Å². The highest BCUT2D eigenvalue weighted by molar-refractivity contribution is 5.79. The van der Waals surface area contributed by atoms with Crippen molar-refractivity contribution in [3.63, 3.8) is 0 Å². The van der Waals surface area contributed by atoms with Crippen LogP contribution in [-0.4, -0.2) is 52.7 Å². The lowest BCUT2D eigenvalue weighted by Crippen LogP contribution is -2.45. The van der Waals surface area contributed by atoms with E-state index in [2.05, 4.69) is 0 Å². The number of carbonyl (C=O) groups excluding carboxylic acids is 4. The second-order valence-corrected chi connectivity index (χ2v) is 4.12. The van der Waals surface area contributed by atoms with Gasteiger partial charge < -0.3 is 9.47 Å². The minimum Gasteiger partial charge on any atom is -0.435 e. The number of hydrogen-bond donors (Lipinski definition) is 0. The van der Waals surface area contributed by atoms with Crippen molar-refractivity contribution in [2.75, 3.05) is 6.67 Å². The summed E-state index contributed by atoms with van der Waals surface area (Å²) in [7, 11) is 0. The predicted molar refractivity (Wildman–Crippen MR) is 61.0 cm³/mol. The first kappa shape index (κ1) is 14.9. The number of carbonyl (C=O) groups is 4. The zero-order valence-electron chi connectivity index (χ0n) is 11.2. The number of ether oxygens (including phenoxy) is 2. The lowest BCUT2D eigenvalue weighted by molar-refractivity contribution is -0.183. The molecule has 0 saturated carbocycles. The zero-order valence-corrected chi connectivity index (χ0v) is 11.2. The number of rotatable bonds is 2. The molecule has 2 atom stereocenters. The summed E-state index contributed by atoms with van der Waals surface area (Å²) >= 11 is 0. The molecule has 8 nitrogen and oxygen atoms in total. The van der Waals surface area contributed by atoms with Crippen molar-refractivity contribution in [1.29, 1.82) is 0 Å². The van der Waals surface area contributed by atoms with E-state index in [1.54, 1.807) is 0 Å². The zero-order chi connectivity index (χ0) is 14.7. The van der Waals surface area contributed by atoms with Crippen LogP contribution in [-0.2, 0) is 28.7 Å². The fourth-order valence-electron chi connectivity index (χ4n) is 1.77. The highest BCUT2D eigenvalue weighted by Gasteiger charge is 2.47. The summed E-state index contributed by atoms with van der Waals surface area (Å²) in [6, 6.07) is 0. The number of esters is 2. The molecular weight excluding hydrogens is 256 g/mol. The van der Waals surface area contributed by atoms with Crippen molar-refractivity contribution in [2.24, 2.45) is 0 Å². The van der Waals surface area contributed by atoms with Crippen molar-refractivity contribution >= 4 is 23.8 Å². The van der Waals surface area contributed by atoms with Gasteiger partial charge in [-0.15, -0.1) is 0 Å². The SMILES string of the molecule is CC(=O)O[C@H]1[C@H](OC(C)=O)N(C(C)=O)CN1C(C)=O. The standard InChI is InChI=1S/C11H16N2O6/c1-6(14)12-5-13(7(2)15)11(19-9(4)17)10(12)18-8(3)16/h10-11H,5H2,1-4H3/t10-,11-/m0/s1. The first-order valence-electron chi connectivity index (χ1n) is 5.63. The summed E-state index contributed by atoms with van der Waals surface area (Å²) in [5.74, 6) is -2.07. The Morgan fingerprint density at radius 1 is 0.789 bits per heavy atom. The Morgan fingerprint density at radius 3 is 1.32 bits per heavy atom. The molecule has 106 valence electrons. The van der Waals surface area contributed by atoms with Crippen molar-refractivity contribution in [1.82, 2.24) is 9.80 Å². The molecule has 0 aliphatic carbocycles. The fourth-order valence-corrected chi connectivity index (χ4v) is 1.77. The van der Waals surface area contributed by atoms with Gasteiger partial charge in [-0.2, -0.15) is 0 Å². The minimum atomic E-state index is -1.12. The van der Waals surface area contributed by atoms with Crippen molar-refractivity contribution < 1.29 is 28.7 Å². The van der Waals surface area contributed by atoms with Crippen LogP contribution in [0.3, 0.4) is 0 Å². The molecule has 1 aliphatic rings. The van der Waals surface area contributed by atoms with E-state index in [-0.39, 0.29) is 6.67 Å². The van der Waals surface area contributed by atoms with Gasteiger partial charge in [-0.25, -0.2) is 0 Å². The van der Waals surface area contributed by atoms with Gasteiger partial charge in [0, 0.05) is 27.7 Å². The highest BCUT2D eigenvalue weighted by Crippen LogP contribution is 2.23. The molecule has 1 fully saturated rings. The van der Waals surface area contributed by atoms with Gasteiger partial charge in [-0.05, 0) is 0 Å². The maximum Gasteiger partial charge on any atom is 0.304 e. The van der Waals surface area contributed by atoms with E-state index in [9.17, 15) is 19.2 Å². The van der Waals surface area contributed by atoms with Crippen LogP contribution in [0.15, 0.2) is 0 Å². The Bertz CT molecular complexity index is 383. The number of nitrogens with zero attached hydrogens (tertiary/aromatic N) is 2. The van der Waals surface area contributed by atoms with Crippen molar-refractivity contribution in [3.8, 4) is 0 Å². The third kappa shape index (κ3) is 3.43. The van der Waals surface area contributed by atoms with E-state index >= 15 is 0 Å². The average molecular weight is 272 g/mol. The van der Waals surface area contributed by atoms with Gasteiger partial charge in [-0.3, -0.25) is 29.0 Å². The van der Waals surface area contributed by atoms with Crippen LogP contribution < -0.4 is 0 Å². The van der Waals surface area contributed by atoms with E-state index in [1.807, 2.05) is 0 Å². The third-order valence-electron chi connectivity index (χ3n) is 2.55. The lowest BCUT2D eigenvalue weighted by atomic mass is 10.4. The fraction of sp³-hybridized carbons (Fsp3) is 0.636. The summed E-state index contributed by atoms with van der Waals surface area (Å²) in [5, 5.41) is 0. The third-order valence-corrected chi connectivity index (χ3v) is 2.55. The van der Waals surface area contributed by atoms with Gasteiger partial charge in [0.25, 0.3) is 0 Å². The van der Waals surface area contributed by atoms with Crippen LogP contribution >= 0.6 is 0 Å². The second kappa shape index (κ2) is 5.68. The molecule has 0 aromatic rings. The Kier molecular flexibility index (Phi) is 4.47. The number of hydrogen-bond acceptors (Lipinski definition) is 6. The highest BCUT2D eigenvalue weighted by atomic mass is 16.6. The largest absolute Gasteiger partial charge is 0.435 e.